The van der Waals surface area contributed by atoms with Gasteiger partial charge in [0.05, 0.1) is 5.41 Å². The van der Waals surface area contributed by atoms with Crippen LogP contribution in [0.3, 0.4) is 0 Å². The number of likely N-dealkylation sites (tertiary alicyclic amines) is 1. The highest BCUT2D eigenvalue weighted by Crippen LogP contribution is 2.46. The summed E-state index contributed by atoms with van der Waals surface area (Å²) in [6.45, 7) is -0.487. The zero-order chi connectivity index (χ0) is 11.1. The molecule has 2 rings (SSSR count). The number of hydrogen-bond acceptors (Lipinski definition) is 3. The number of carboxylic acid groups (broad SMARTS) is 1. The Kier molecular flexibility index (Phi) is 2.25. The van der Waals surface area contributed by atoms with Crippen LogP contribution in [0.1, 0.15) is 32.1 Å². The Morgan fingerprint density at radius 2 is 1.93 bits per heavy atom. The van der Waals surface area contributed by atoms with Gasteiger partial charge >= 0.3 is 5.97 Å². The molecule has 5 heteroatoms. The van der Waals surface area contributed by atoms with Crippen LogP contribution in [0.2, 0.25) is 0 Å². The summed E-state index contributed by atoms with van der Waals surface area (Å²) in [7, 11) is 0. The van der Waals surface area contributed by atoms with E-state index in [1.807, 2.05) is 0 Å². The number of hydrogen-bond donors (Lipinski definition) is 1. The minimum absolute atomic E-state index is 0.207. The van der Waals surface area contributed by atoms with Crippen molar-refractivity contribution in [1.29, 1.82) is 0 Å². The average molecular weight is 211 g/mol. The second-order valence-electron chi connectivity index (χ2n) is 4.34. The second kappa shape index (κ2) is 3.32. The van der Waals surface area contributed by atoms with Crippen LogP contribution >= 0.6 is 0 Å². The van der Waals surface area contributed by atoms with Crippen molar-refractivity contribution >= 4 is 17.8 Å². The molecule has 1 aliphatic carbocycles. The van der Waals surface area contributed by atoms with Crippen molar-refractivity contribution in [3.63, 3.8) is 0 Å². The van der Waals surface area contributed by atoms with Crippen molar-refractivity contribution in [3.8, 4) is 0 Å². The van der Waals surface area contributed by atoms with Gasteiger partial charge in [-0.25, -0.2) is 0 Å². The molecule has 1 heterocycles. The van der Waals surface area contributed by atoms with Crippen LogP contribution in [-0.2, 0) is 14.4 Å². The van der Waals surface area contributed by atoms with Crippen molar-refractivity contribution in [2.45, 2.75) is 32.1 Å². The molecule has 0 aromatic rings. The van der Waals surface area contributed by atoms with E-state index < -0.39 is 17.9 Å². The molecule has 0 aromatic carbocycles. The van der Waals surface area contributed by atoms with Gasteiger partial charge < -0.3 is 5.11 Å². The molecule has 1 saturated carbocycles. The molecular weight excluding hydrogens is 198 g/mol. The number of nitrogens with zero attached hydrogens (tertiary/aromatic N) is 1. The van der Waals surface area contributed by atoms with Gasteiger partial charge in [-0.1, -0.05) is 12.8 Å². The molecule has 1 N–H and O–H groups in total. The first-order valence-electron chi connectivity index (χ1n) is 5.12. The Hall–Kier alpha value is -1.39. The van der Waals surface area contributed by atoms with E-state index in [0.717, 1.165) is 30.6 Å². The van der Waals surface area contributed by atoms with Gasteiger partial charge in [-0.2, -0.15) is 0 Å². The highest BCUT2D eigenvalue weighted by molar-refractivity contribution is 6.07. The second-order valence-corrected chi connectivity index (χ2v) is 4.34. The third kappa shape index (κ3) is 1.52. The molecule has 0 radical (unpaired) electrons. The van der Waals surface area contributed by atoms with Crippen LogP contribution in [0.4, 0.5) is 0 Å². The first-order chi connectivity index (χ1) is 7.05. The Balaban J connectivity index is 2.19. The lowest BCUT2D eigenvalue weighted by molar-refractivity contribution is -0.150. The molecule has 15 heavy (non-hydrogen) atoms. The molecule has 1 spiro atoms. The summed E-state index contributed by atoms with van der Waals surface area (Å²) in [5.74, 6) is -1.73. The van der Waals surface area contributed by atoms with Crippen molar-refractivity contribution < 1.29 is 19.5 Å². The van der Waals surface area contributed by atoms with E-state index in [1.54, 1.807) is 0 Å². The standard InChI is InChI=1S/C10H13NO4/c12-7-5-10(3-1-2-4-10)9(15)11(7)6-8(13)14/h1-6H2,(H,13,14). The number of amides is 2. The summed E-state index contributed by atoms with van der Waals surface area (Å²) < 4.78 is 0. The number of carbonyl (C=O) groups excluding carboxylic acids is 2. The molecule has 2 aliphatic rings. The van der Waals surface area contributed by atoms with Crippen LogP contribution in [0.25, 0.3) is 0 Å². The molecule has 2 fully saturated rings. The number of carbonyl (C=O) groups is 3. The fourth-order valence-electron chi connectivity index (χ4n) is 2.60. The molecule has 0 aromatic heterocycles. The first-order valence-corrected chi connectivity index (χ1v) is 5.12. The molecule has 0 bridgehead atoms. The van der Waals surface area contributed by atoms with Gasteiger partial charge in [0.1, 0.15) is 6.54 Å². The lowest BCUT2D eigenvalue weighted by atomic mass is 9.84. The smallest absolute Gasteiger partial charge is 0.323 e. The van der Waals surface area contributed by atoms with E-state index in [-0.39, 0.29) is 18.2 Å². The SMILES string of the molecule is O=C(O)CN1C(=O)CC2(CCCC2)C1=O. The maximum atomic E-state index is 11.9. The van der Waals surface area contributed by atoms with Crippen molar-refractivity contribution in [3.05, 3.63) is 0 Å². The molecule has 1 saturated heterocycles. The molecule has 5 nitrogen and oxygen atoms in total. The van der Waals surface area contributed by atoms with E-state index in [0.29, 0.717) is 0 Å². The Morgan fingerprint density at radius 3 is 2.47 bits per heavy atom. The lowest BCUT2D eigenvalue weighted by Gasteiger charge is -2.19. The van der Waals surface area contributed by atoms with Crippen LogP contribution in [0.5, 0.6) is 0 Å². The van der Waals surface area contributed by atoms with Gasteiger partial charge in [-0.05, 0) is 12.8 Å². The zero-order valence-electron chi connectivity index (χ0n) is 8.36. The summed E-state index contributed by atoms with van der Waals surface area (Å²) in [6, 6.07) is 0. The third-order valence-electron chi connectivity index (χ3n) is 3.34. The highest BCUT2D eigenvalue weighted by atomic mass is 16.4. The van der Waals surface area contributed by atoms with Crippen LogP contribution in [-0.4, -0.2) is 34.3 Å². The summed E-state index contributed by atoms with van der Waals surface area (Å²) >= 11 is 0. The molecule has 2 amide bonds. The zero-order valence-corrected chi connectivity index (χ0v) is 8.36. The van der Waals surface area contributed by atoms with Gasteiger partial charge in [-0.15, -0.1) is 0 Å². The van der Waals surface area contributed by atoms with E-state index in [1.165, 1.54) is 0 Å². The minimum atomic E-state index is -1.13. The average Bonchev–Trinajstić information content (AvgIpc) is 2.69. The molecule has 0 atom stereocenters. The monoisotopic (exact) mass is 211 g/mol. The topological polar surface area (TPSA) is 74.7 Å². The van der Waals surface area contributed by atoms with Crippen LogP contribution < -0.4 is 0 Å². The lowest BCUT2D eigenvalue weighted by Crippen LogP contribution is -2.37. The predicted molar refractivity (Wildman–Crippen MR) is 49.9 cm³/mol. The largest absolute Gasteiger partial charge is 0.480 e. The molecule has 82 valence electrons. The van der Waals surface area contributed by atoms with Gasteiger partial charge in [0.25, 0.3) is 0 Å². The Bertz CT molecular complexity index is 330. The number of carboxylic acids is 1. The molecular formula is C10H13NO4. The van der Waals surface area contributed by atoms with Crippen LogP contribution in [0, 0.1) is 5.41 Å². The van der Waals surface area contributed by atoms with E-state index >= 15 is 0 Å². The van der Waals surface area contributed by atoms with E-state index in [4.69, 9.17) is 5.11 Å². The van der Waals surface area contributed by atoms with Gasteiger partial charge in [-0.3, -0.25) is 19.3 Å². The normalized spacial score (nSPS) is 24.1. The summed E-state index contributed by atoms with van der Waals surface area (Å²) in [6.07, 6.45) is 3.58. The maximum absolute atomic E-state index is 11.9. The first kappa shape index (κ1) is 10.1. The summed E-state index contributed by atoms with van der Waals surface area (Å²) in [5, 5.41) is 8.59. The summed E-state index contributed by atoms with van der Waals surface area (Å²) in [4.78, 5) is 34.8. The van der Waals surface area contributed by atoms with Crippen molar-refractivity contribution in [1.82, 2.24) is 4.90 Å². The van der Waals surface area contributed by atoms with Gasteiger partial charge in [0.15, 0.2) is 0 Å². The van der Waals surface area contributed by atoms with E-state index in [2.05, 4.69) is 0 Å². The fourth-order valence-corrected chi connectivity index (χ4v) is 2.60. The Labute approximate surface area is 87.1 Å². The maximum Gasteiger partial charge on any atom is 0.323 e. The molecule has 1 aliphatic heterocycles. The van der Waals surface area contributed by atoms with Gasteiger partial charge in [0.2, 0.25) is 11.8 Å². The van der Waals surface area contributed by atoms with E-state index in [9.17, 15) is 14.4 Å². The highest BCUT2D eigenvalue weighted by Gasteiger charge is 2.52. The molecule has 0 unspecified atom stereocenters. The van der Waals surface area contributed by atoms with Crippen molar-refractivity contribution in [2.24, 2.45) is 5.41 Å². The quantitative estimate of drug-likeness (QED) is 0.670. The van der Waals surface area contributed by atoms with Crippen molar-refractivity contribution in [2.75, 3.05) is 6.54 Å². The number of aliphatic carboxylic acids is 1. The fraction of sp³-hybridized carbons (Fsp3) is 0.700. The number of rotatable bonds is 2. The summed E-state index contributed by atoms with van der Waals surface area (Å²) in [5.41, 5.74) is -0.549. The minimum Gasteiger partial charge on any atom is -0.480 e. The number of imide groups is 1. The third-order valence-corrected chi connectivity index (χ3v) is 3.34. The predicted octanol–water partition coefficient (Wildman–Crippen LogP) is 0.390. The van der Waals surface area contributed by atoms with Gasteiger partial charge in [0, 0.05) is 6.42 Å². The van der Waals surface area contributed by atoms with Crippen LogP contribution in [0.15, 0.2) is 0 Å². The Morgan fingerprint density at radius 1 is 1.33 bits per heavy atom.